The highest BCUT2D eigenvalue weighted by molar-refractivity contribution is 7.92. The third-order valence-electron chi connectivity index (χ3n) is 2.83. The zero-order valence-electron chi connectivity index (χ0n) is 11.6. The number of benzene rings is 1. The van der Waals surface area contributed by atoms with Gasteiger partial charge in [-0.25, -0.2) is 13.4 Å². The van der Waals surface area contributed by atoms with Crippen LogP contribution in [0.3, 0.4) is 0 Å². The van der Waals surface area contributed by atoms with Gasteiger partial charge in [-0.1, -0.05) is 12.1 Å². The maximum absolute atomic E-state index is 12.3. The van der Waals surface area contributed by atoms with Gasteiger partial charge in [0, 0.05) is 17.4 Å². The van der Waals surface area contributed by atoms with Crippen LogP contribution in [-0.4, -0.2) is 19.2 Å². The number of nitrogens with two attached hydrogens (primary N) is 1. The molecule has 0 aliphatic heterocycles. The molecule has 6 nitrogen and oxygen atoms in total. The number of rotatable bonds is 4. The number of Topliss-reactive ketones (excluding diaryl/α,β-unsaturated/α-hetero) is 1. The maximum atomic E-state index is 12.3. The van der Waals surface area contributed by atoms with Crippen molar-refractivity contribution in [3.8, 4) is 0 Å². The molecule has 0 radical (unpaired) electrons. The molecule has 0 unspecified atom stereocenters. The Balaban J connectivity index is 2.40. The van der Waals surface area contributed by atoms with Crippen molar-refractivity contribution in [1.29, 1.82) is 0 Å². The molecule has 1 aromatic carbocycles. The van der Waals surface area contributed by atoms with Crippen LogP contribution in [0.15, 0.2) is 41.4 Å². The second kappa shape index (κ2) is 5.53. The molecule has 21 heavy (non-hydrogen) atoms. The molecule has 1 heterocycles. The van der Waals surface area contributed by atoms with E-state index in [0.29, 0.717) is 16.8 Å². The topological polar surface area (TPSA) is 102 Å². The number of ketones is 1. The molecule has 0 spiro atoms. The minimum absolute atomic E-state index is 0.0733. The van der Waals surface area contributed by atoms with Crippen molar-refractivity contribution in [2.75, 3.05) is 10.5 Å². The zero-order chi connectivity index (χ0) is 15.6. The van der Waals surface area contributed by atoms with Gasteiger partial charge in [-0.2, -0.15) is 0 Å². The van der Waals surface area contributed by atoms with E-state index in [0.717, 1.165) is 0 Å². The number of hydrogen-bond donors (Lipinski definition) is 2. The van der Waals surface area contributed by atoms with E-state index in [1.807, 2.05) is 0 Å². The molecule has 0 bridgehead atoms. The first-order valence-corrected chi connectivity index (χ1v) is 7.64. The van der Waals surface area contributed by atoms with Gasteiger partial charge in [0.25, 0.3) is 10.0 Å². The van der Waals surface area contributed by atoms with Gasteiger partial charge in [0.15, 0.2) is 5.78 Å². The molecule has 0 saturated heterocycles. The summed E-state index contributed by atoms with van der Waals surface area (Å²) in [6.45, 7) is 3.14. The lowest BCUT2D eigenvalue weighted by Crippen LogP contribution is -2.16. The highest BCUT2D eigenvalue weighted by Gasteiger charge is 2.19. The molecule has 0 amide bonds. The minimum atomic E-state index is -3.86. The summed E-state index contributed by atoms with van der Waals surface area (Å²) >= 11 is 0. The zero-order valence-corrected chi connectivity index (χ0v) is 12.4. The highest BCUT2D eigenvalue weighted by Crippen LogP contribution is 2.21. The number of anilines is 2. The van der Waals surface area contributed by atoms with E-state index in [-0.39, 0.29) is 16.5 Å². The van der Waals surface area contributed by atoms with E-state index >= 15 is 0 Å². The normalized spacial score (nSPS) is 11.1. The summed E-state index contributed by atoms with van der Waals surface area (Å²) in [5.74, 6) is -0.219. The lowest BCUT2D eigenvalue weighted by molar-refractivity contribution is 0.101. The van der Waals surface area contributed by atoms with Gasteiger partial charge in [0.1, 0.15) is 10.7 Å². The molecule has 0 saturated carbocycles. The van der Waals surface area contributed by atoms with E-state index < -0.39 is 10.0 Å². The van der Waals surface area contributed by atoms with Gasteiger partial charge >= 0.3 is 0 Å². The number of nitrogen functional groups attached to an aromatic ring is 1. The van der Waals surface area contributed by atoms with E-state index in [1.54, 1.807) is 25.1 Å². The van der Waals surface area contributed by atoms with E-state index in [2.05, 4.69) is 9.71 Å². The van der Waals surface area contributed by atoms with Gasteiger partial charge in [-0.05, 0) is 37.6 Å². The summed E-state index contributed by atoms with van der Waals surface area (Å²) in [6, 6.07) is 7.69. The van der Waals surface area contributed by atoms with Crippen molar-refractivity contribution >= 4 is 27.3 Å². The Labute approximate surface area is 123 Å². The summed E-state index contributed by atoms with van der Waals surface area (Å²) < 4.78 is 27.1. The predicted octanol–water partition coefficient (Wildman–Crippen LogP) is 1.98. The number of nitrogens with one attached hydrogen (secondary N) is 1. The average molecular weight is 305 g/mol. The predicted molar refractivity (Wildman–Crippen MR) is 80.6 cm³/mol. The number of aryl methyl sites for hydroxylation is 1. The molecule has 0 fully saturated rings. The van der Waals surface area contributed by atoms with Crippen LogP contribution >= 0.6 is 0 Å². The standard InChI is InChI=1S/C14H15N3O3S/c1-9-6-13(14(15)16-8-9)21(19,20)17-12-5-3-4-11(7-12)10(2)18/h3-8,17H,1-2H3,(H2,15,16). The lowest BCUT2D eigenvalue weighted by atomic mass is 10.1. The van der Waals surface area contributed by atoms with Crippen LogP contribution in [-0.2, 0) is 10.0 Å². The average Bonchev–Trinajstić information content (AvgIpc) is 2.41. The van der Waals surface area contributed by atoms with Crippen molar-refractivity contribution < 1.29 is 13.2 Å². The Morgan fingerprint density at radius 3 is 2.67 bits per heavy atom. The van der Waals surface area contributed by atoms with Crippen molar-refractivity contribution in [3.63, 3.8) is 0 Å². The van der Waals surface area contributed by atoms with Crippen molar-refractivity contribution in [2.45, 2.75) is 18.7 Å². The molecular formula is C14H15N3O3S. The Morgan fingerprint density at radius 2 is 2.00 bits per heavy atom. The highest BCUT2D eigenvalue weighted by atomic mass is 32.2. The fourth-order valence-electron chi connectivity index (χ4n) is 1.78. The molecule has 0 aliphatic carbocycles. The van der Waals surface area contributed by atoms with Crippen LogP contribution in [0.25, 0.3) is 0 Å². The minimum Gasteiger partial charge on any atom is -0.383 e. The van der Waals surface area contributed by atoms with E-state index in [4.69, 9.17) is 5.73 Å². The van der Waals surface area contributed by atoms with Crippen molar-refractivity contribution in [2.24, 2.45) is 0 Å². The van der Waals surface area contributed by atoms with Gasteiger partial charge in [-0.3, -0.25) is 9.52 Å². The first-order valence-electron chi connectivity index (χ1n) is 6.15. The van der Waals surface area contributed by atoms with Crippen LogP contribution in [0.2, 0.25) is 0 Å². The first kappa shape index (κ1) is 15.0. The smallest absolute Gasteiger partial charge is 0.265 e. The Morgan fingerprint density at radius 1 is 1.29 bits per heavy atom. The summed E-state index contributed by atoms with van der Waals surface area (Å²) in [6.07, 6.45) is 1.49. The number of carbonyl (C=O) groups is 1. The lowest BCUT2D eigenvalue weighted by Gasteiger charge is -2.10. The molecule has 1 aromatic heterocycles. The van der Waals surface area contributed by atoms with Crippen LogP contribution in [0, 0.1) is 6.92 Å². The Bertz CT molecular complexity index is 801. The van der Waals surface area contributed by atoms with Crippen LogP contribution in [0.5, 0.6) is 0 Å². The molecule has 0 aliphatic rings. The fraction of sp³-hybridized carbons (Fsp3) is 0.143. The number of hydrogen-bond acceptors (Lipinski definition) is 5. The number of pyridine rings is 1. The Kier molecular flexibility index (Phi) is 3.95. The summed E-state index contributed by atoms with van der Waals surface area (Å²) in [5.41, 5.74) is 7.02. The fourth-order valence-corrected chi connectivity index (χ4v) is 3.00. The summed E-state index contributed by atoms with van der Waals surface area (Å²) in [5, 5.41) is 0. The third-order valence-corrected chi connectivity index (χ3v) is 4.24. The van der Waals surface area contributed by atoms with Crippen LogP contribution in [0.4, 0.5) is 11.5 Å². The molecule has 0 atom stereocenters. The molecule has 7 heteroatoms. The molecule has 2 rings (SSSR count). The number of carbonyl (C=O) groups excluding carboxylic acids is 1. The molecule has 3 N–H and O–H groups in total. The summed E-state index contributed by atoms with van der Waals surface area (Å²) in [7, 11) is -3.86. The van der Waals surface area contributed by atoms with Gasteiger partial charge < -0.3 is 5.73 Å². The van der Waals surface area contributed by atoms with E-state index in [9.17, 15) is 13.2 Å². The van der Waals surface area contributed by atoms with Crippen molar-refractivity contribution in [1.82, 2.24) is 4.98 Å². The monoisotopic (exact) mass is 305 g/mol. The Hall–Kier alpha value is -2.41. The van der Waals surface area contributed by atoms with Gasteiger partial charge in [-0.15, -0.1) is 0 Å². The number of nitrogens with zero attached hydrogens (tertiary/aromatic N) is 1. The van der Waals surface area contributed by atoms with Gasteiger partial charge in [0.2, 0.25) is 0 Å². The number of sulfonamides is 1. The summed E-state index contributed by atoms with van der Waals surface area (Å²) in [4.78, 5) is 15.1. The number of aromatic nitrogens is 1. The molecule has 110 valence electrons. The van der Waals surface area contributed by atoms with E-state index in [1.165, 1.54) is 25.3 Å². The quantitative estimate of drug-likeness (QED) is 0.841. The van der Waals surface area contributed by atoms with Gasteiger partial charge in [0.05, 0.1) is 0 Å². The van der Waals surface area contributed by atoms with Crippen molar-refractivity contribution in [3.05, 3.63) is 47.7 Å². The largest absolute Gasteiger partial charge is 0.383 e. The SMILES string of the molecule is CC(=O)c1cccc(NS(=O)(=O)c2cc(C)cnc2N)c1. The third kappa shape index (κ3) is 3.38. The van der Waals surface area contributed by atoms with Crippen LogP contribution < -0.4 is 10.5 Å². The second-order valence-electron chi connectivity index (χ2n) is 4.64. The maximum Gasteiger partial charge on any atom is 0.265 e. The molecular weight excluding hydrogens is 290 g/mol. The second-order valence-corrected chi connectivity index (χ2v) is 6.29. The van der Waals surface area contributed by atoms with Crippen LogP contribution in [0.1, 0.15) is 22.8 Å². The first-order chi connectivity index (χ1) is 9.79. The molecule has 2 aromatic rings.